The minimum atomic E-state index is -4.80. The van der Waals surface area contributed by atoms with E-state index in [-0.39, 0.29) is 36.6 Å². The van der Waals surface area contributed by atoms with Crippen molar-refractivity contribution in [2.45, 2.75) is 25.7 Å². The number of nitrogens with one attached hydrogen (secondary N) is 1. The van der Waals surface area contributed by atoms with Crippen LogP contribution in [0.1, 0.15) is 28.8 Å². The van der Waals surface area contributed by atoms with Crippen molar-refractivity contribution in [3.8, 4) is 11.5 Å². The normalized spacial score (nSPS) is 14.7. The number of carbonyl (C=O) groups is 1. The fourth-order valence-electron chi connectivity index (χ4n) is 2.84. The topological polar surface area (TPSA) is 85.8 Å². The van der Waals surface area contributed by atoms with Crippen LogP contribution in [0, 0.1) is 0 Å². The van der Waals surface area contributed by atoms with Crippen molar-refractivity contribution in [3.05, 3.63) is 41.7 Å². The van der Waals surface area contributed by atoms with Crippen molar-refractivity contribution in [1.29, 1.82) is 0 Å². The van der Waals surface area contributed by atoms with E-state index in [9.17, 15) is 18.0 Å². The molecule has 1 fully saturated rings. The number of amides is 1. The molecule has 3 rings (SSSR count). The predicted octanol–water partition coefficient (Wildman–Crippen LogP) is 3.21. The highest BCUT2D eigenvalue weighted by Crippen LogP contribution is 2.28. The molecule has 1 N–H and O–H groups in total. The molecule has 1 aromatic heterocycles. The summed E-state index contributed by atoms with van der Waals surface area (Å²) in [5.74, 6) is -0.166. The Morgan fingerprint density at radius 3 is 2.63 bits per heavy atom. The van der Waals surface area contributed by atoms with Gasteiger partial charge in [0.2, 0.25) is 5.95 Å². The zero-order valence-corrected chi connectivity index (χ0v) is 16.2. The first-order valence-corrected chi connectivity index (χ1v) is 9.21. The van der Waals surface area contributed by atoms with Gasteiger partial charge >= 0.3 is 6.36 Å². The fourth-order valence-corrected chi connectivity index (χ4v) is 2.84. The van der Waals surface area contributed by atoms with Gasteiger partial charge in [0.1, 0.15) is 18.2 Å². The zero-order valence-electron chi connectivity index (χ0n) is 16.2. The number of nitrogens with zero attached hydrogens (tertiary/aromatic N) is 3. The maximum atomic E-state index is 12.5. The van der Waals surface area contributed by atoms with Crippen molar-refractivity contribution in [3.63, 3.8) is 0 Å². The third kappa shape index (κ3) is 6.21. The molecular formula is C19H21F3N4O4. The Labute approximate surface area is 171 Å². The lowest BCUT2D eigenvalue weighted by Gasteiger charge is -2.19. The number of halogens is 3. The number of hydrogen-bond donors (Lipinski definition) is 1. The van der Waals surface area contributed by atoms with Crippen LogP contribution < -0.4 is 14.8 Å². The van der Waals surface area contributed by atoms with Crippen LogP contribution >= 0.6 is 0 Å². The van der Waals surface area contributed by atoms with Gasteiger partial charge in [-0.15, -0.1) is 13.2 Å². The molecule has 162 valence electrons. The van der Waals surface area contributed by atoms with Gasteiger partial charge in [-0.25, -0.2) is 9.97 Å². The molecule has 1 saturated heterocycles. The number of alkyl halides is 3. The molecular weight excluding hydrogens is 405 g/mol. The Bertz CT molecular complexity index is 854. The average molecular weight is 426 g/mol. The highest BCUT2D eigenvalue weighted by atomic mass is 19.4. The summed E-state index contributed by atoms with van der Waals surface area (Å²) in [4.78, 5) is 22.3. The first-order valence-electron chi connectivity index (χ1n) is 9.21. The molecule has 1 aromatic carbocycles. The van der Waals surface area contributed by atoms with E-state index < -0.39 is 6.36 Å². The summed E-state index contributed by atoms with van der Waals surface area (Å²) in [6, 6.07) is 3.94. The Kier molecular flexibility index (Phi) is 6.93. The summed E-state index contributed by atoms with van der Waals surface area (Å²) < 4.78 is 51.8. The standard InChI is InChI=1S/C19H21F3N4O4/c1-28-15-6-13(7-16(8-15)30-19(20,21)22)9-23-18-24-10-14(11-25-18)17(27)26-4-2-3-5-29-12-26/h6-8,10-11H,2-5,9,12H2,1H3,(H,23,24,25). The molecule has 0 radical (unpaired) electrons. The van der Waals surface area contributed by atoms with Crippen LogP contribution in [0.3, 0.4) is 0 Å². The molecule has 1 aliphatic rings. The summed E-state index contributed by atoms with van der Waals surface area (Å²) in [7, 11) is 1.35. The minimum absolute atomic E-state index is 0.124. The van der Waals surface area contributed by atoms with Crippen molar-refractivity contribution in [2.24, 2.45) is 0 Å². The number of methoxy groups -OCH3 is 1. The van der Waals surface area contributed by atoms with Crippen LogP contribution in [0.15, 0.2) is 30.6 Å². The van der Waals surface area contributed by atoms with Crippen molar-refractivity contribution < 1.29 is 32.2 Å². The van der Waals surface area contributed by atoms with Crippen LogP contribution in [-0.2, 0) is 11.3 Å². The Balaban J connectivity index is 1.63. The third-order valence-corrected chi connectivity index (χ3v) is 4.26. The molecule has 0 unspecified atom stereocenters. The van der Waals surface area contributed by atoms with E-state index in [1.165, 1.54) is 25.6 Å². The second kappa shape index (κ2) is 9.61. The Morgan fingerprint density at radius 2 is 1.93 bits per heavy atom. The summed E-state index contributed by atoms with van der Waals surface area (Å²) in [6.45, 7) is 1.59. The minimum Gasteiger partial charge on any atom is -0.497 e. The molecule has 0 saturated carbocycles. The van der Waals surface area contributed by atoms with Gasteiger partial charge in [-0.1, -0.05) is 0 Å². The van der Waals surface area contributed by atoms with Gasteiger partial charge in [0.05, 0.1) is 12.7 Å². The van der Waals surface area contributed by atoms with Crippen molar-refractivity contribution in [2.75, 3.05) is 32.3 Å². The first-order chi connectivity index (χ1) is 14.3. The van der Waals surface area contributed by atoms with Gasteiger partial charge in [-0.05, 0) is 30.5 Å². The number of aromatic nitrogens is 2. The summed E-state index contributed by atoms with van der Waals surface area (Å²) in [5, 5.41) is 2.89. The highest BCUT2D eigenvalue weighted by molar-refractivity contribution is 5.93. The number of benzene rings is 1. The van der Waals surface area contributed by atoms with E-state index in [0.717, 1.165) is 18.9 Å². The molecule has 11 heteroatoms. The predicted molar refractivity (Wildman–Crippen MR) is 100 cm³/mol. The number of carbonyl (C=O) groups excluding carboxylic acids is 1. The lowest BCUT2D eigenvalue weighted by molar-refractivity contribution is -0.274. The van der Waals surface area contributed by atoms with Crippen LogP contribution in [0.4, 0.5) is 19.1 Å². The van der Waals surface area contributed by atoms with E-state index >= 15 is 0 Å². The van der Waals surface area contributed by atoms with Crippen LogP contribution in [0.5, 0.6) is 11.5 Å². The largest absolute Gasteiger partial charge is 0.573 e. The fraction of sp³-hybridized carbons (Fsp3) is 0.421. The van der Waals surface area contributed by atoms with E-state index in [1.54, 1.807) is 11.0 Å². The monoisotopic (exact) mass is 426 g/mol. The van der Waals surface area contributed by atoms with E-state index in [4.69, 9.17) is 9.47 Å². The quantitative estimate of drug-likeness (QED) is 0.759. The van der Waals surface area contributed by atoms with Crippen LogP contribution in [0.25, 0.3) is 0 Å². The molecule has 30 heavy (non-hydrogen) atoms. The third-order valence-electron chi connectivity index (χ3n) is 4.26. The maximum absolute atomic E-state index is 12.5. The molecule has 2 heterocycles. The van der Waals surface area contributed by atoms with E-state index in [2.05, 4.69) is 20.0 Å². The number of ether oxygens (including phenoxy) is 3. The second-order valence-corrected chi connectivity index (χ2v) is 6.53. The second-order valence-electron chi connectivity index (χ2n) is 6.53. The Morgan fingerprint density at radius 1 is 1.20 bits per heavy atom. The van der Waals surface area contributed by atoms with Gasteiger partial charge in [0, 0.05) is 38.2 Å². The van der Waals surface area contributed by atoms with Gasteiger partial charge in [-0.3, -0.25) is 4.79 Å². The van der Waals surface area contributed by atoms with Gasteiger partial charge in [0.25, 0.3) is 5.91 Å². The molecule has 0 bridgehead atoms. The lowest BCUT2D eigenvalue weighted by Crippen LogP contribution is -2.32. The lowest BCUT2D eigenvalue weighted by atomic mass is 10.2. The number of hydrogen-bond acceptors (Lipinski definition) is 7. The molecule has 8 nitrogen and oxygen atoms in total. The Hall–Kier alpha value is -3.08. The molecule has 0 aliphatic carbocycles. The molecule has 0 spiro atoms. The summed E-state index contributed by atoms with van der Waals surface area (Å²) in [6.07, 6.45) is -0.241. The van der Waals surface area contributed by atoms with Gasteiger partial charge < -0.3 is 24.4 Å². The smallest absolute Gasteiger partial charge is 0.497 e. The molecule has 2 aromatic rings. The van der Waals surface area contributed by atoms with E-state index in [1.807, 2.05) is 0 Å². The SMILES string of the molecule is COc1cc(CNc2ncc(C(=O)N3CCCCOC3)cn2)cc(OC(F)(F)F)c1. The van der Waals surface area contributed by atoms with Crippen LogP contribution in [-0.4, -0.2) is 54.1 Å². The first kappa shape index (κ1) is 21.6. The van der Waals surface area contributed by atoms with Crippen molar-refractivity contribution >= 4 is 11.9 Å². The number of anilines is 1. The molecule has 0 atom stereocenters. The maximum Gasteiger partial charge on any atom is 0.573 e. The van der Waals surface area contributed by atoms with Crippen molar-refractivity contribution in [1.82, 2.24) is 14.9 Å². The average Bonchev–Trinajstić information content (AvgIpc) is 3.00. The van der Waals surface area contributed by atoms with Gasteiger partial charge in [0.15, 0.2) is 0 Å². The molecule has 1 amide bonds. The van der Waals surface area contributed by atoms with Gasteiger partial charge in [-0.2, -0.15) is 0 Å². The summed E-state index contributed by atoms with van der Waals surface area (Å²) >= 11 is 0. The molecule has 1 aliphatic heterocycles. The zero-order chi connectivity index (χ0) is 21.6. The summed E-state index contributed by atoms with van der Waals surface area (Å²) in [5.41, 5.74) is 0.798. The number of rotatable bonds is 6. The van der Waals surface area contributed by atoms with Crippen LogP contribution in [0.2, 0.25) is 0 Å². The highest BCUT2D eigenvalue weighted by Gasteiger charge is 2.31. The van der Waals surface area contributed by atoms with E-state index in [0.29, 0.717) is 24.3 Å².